The van der Waals surface area contributed by atoms with Crippen molar-refractivity contribution in [1.29, 1.82) is 5.26 Å². The molecule has 2 aromatic heterocycles. The molecule has 2 bridgehead atoms. The Bertz CT molecular complexity index is 2260. The molecule has 3 saturated heterocycles. The lowest BCUT2D eigenvalue weighted by atomic mass is 9.79. The van der Waals surface area contributed by atoms with Crippen molar-refractivity contribution in [2.75, 3.05) is 6.54 Å². The van der Waals surface area contributed by atoms with Gasteiger partial charge in [0.25, 0.3) is 5.91 Å². The summed E-state index contributed by atoms with van der Waals surface area (Å²) in [6, 6.07) is 9.32. The number of piperidine rings is 1. The molecule has 10 rings (SSSR count). The van der Waals surface area contributed by atoms with Gasteiger partial charge < -0.3 is 19.5 Å². The summed E-state index contributed by atoms with van der Waals surface area (Å²) in [6.07, 6.45) is 1.64. The molecular formula is C37H31Cl2F2N5O4. The molecule has 3 saturated carbocycles. The Morgan fingerprint density at radius 3 is 2.54 bits per heavy atom. The minimum Gasteiger partial charge on any atom is -0.465 e. The van der Waals surface area contributed by atoms with Crippen molar-refractivity contribution in [3.8, 4) is 17.2 Å². The zero-order valence-corrected chi connectivity index (χ0v) is 28.4. The fourth-order valence-corrected chi connectivity index (χ4v) is 9.53. The highest BCUT2D eigenvalue weighted by Crippen LogP contribution is 2.59. The van der Waals surface area contributed by atoms with Gasteiger partial charge in [0.05, 0.1) is 39.8 Å². The number of likely N-dealkylation sites (tertiary alicyclic amines) is 1. The van der Waals surface area contributed by atoms with Crippen LogP contribution in [0.25, 0.3) is 32.9 Å². The summed E-state index contributed by atoms with van der Waals surface area (Å²) in [7, 11) is 0. The van der Waals surface area contributed by atoms with Crippen LogP contribution < -0.4 is 0 Å². The average Bonchev–Trinajstić information content (AvgIpc) is 3.75. The summed E-state index contributed by atoms with van der Waals surface area (Å²) in [5.41, 5.74) is 0.207. The number of aromatic nitrogens is 2. The predicted octanol–water partition coefficient (Wildman–Crippen LogP) is 8.05. The van der Waals surface area contributed by atoms with E-state index >= 15 is 8.78 Å². The summed E-state index contributed by atoms with van der Waals surface area (Å²) in [6.45, 7) is 1.68. The molecule has 13 heteroatoms. The molecule has 3 aliphatic heterocycles. The topological polar surface area (TPSA) is 120 Å². The highest BCUT2D eigenvalue weighted by Gasteiger charge is 2.63. The maximum absolute atomic E-state index is 17.2. The SMILES string of the molecule is CC(=O)c1nc2c(F)c(-c3cccc(Cl)c3Cl)c(CCC#N)cc2c2c1cc([C@H]1C[C@H]3C[C@H]3N1C(=O)C1(F)CC1)n2[C@H]1[C@@H]2C[C@H]1N(C(=O)O)C2. The van der Waals surface area contributed by atoms with Gasteiger partial charge >= 0.3 is 6.09 Å². The first-order chi connectivity index (χ1) is 23.9. The fraction of sp³-hybridized carbons (Fsp3) is 0.432. The van der Waals surface area contributed by atoms with E-state index < -0.39 is 35.3 Å². The van der Waals surface area contributed by atoms with Crippen molar-refractivity contribution in [1.82, 2.24) is 19.4 Å². The Hall–Kier alpha value is -4.27. The molecule has 6 atom stereocenters. The Labute approximate surface area is 295 Å². The molecular weight excluding hydrogens is 687 g/mol. The summed E-state index contributed by atoms with van der Waals surface area (Å²) < 4.78 is 34.7. The normalized spacial score (nSPS) is 27.0. The number of benzene rings is 2. The van der Waals surface area contributed by atoms with E-state index in [2.05, 4.69) is 11.1 Å². The molecule has 1 N–H and O–H groups in total. The molecule has 0 spiro atoms. The molecule has 6 fully saturated rings. The molecule has 9 nitrogen and oxygen atoms in total. The molecule has 50 heavy (non-hydrogen) atoms. The monoisotopic (exact) mass is 717 g/mol. The van der Waals surface area contributed by atoms with Crippen LogP contribution in [0.5, 0.6) is 0 Å². The fourth-order valence-electron chi connectivity index (χ4n) is 9.14. The number of alkyl halides is 1. The molecule has 3 aliphatic carbocycles. The van der Waals surface area contributed by atoms with Crippen molar-refractivity contribution in [2.24, 2.45) is 11.8 Å². The van der Waals surface area contributed by atoms with Crippen molar-refractivity contribution in [3.63, 3.8) is 0 Å². The maximum atomic E-state index is 17.2. The summed E-state index contributed by atoms with van der Waals surface area (Å²) in [4.78, 5) is 47.1. The van der Waals surface area contributed by atoms with E-state index in [9.17, 15) is 24.8 Å². The van der Waals surface area contributed by atoms with E-state index in [1.165, 1.54) is 11.8 Å². The maximum Gasteiger partial charge on any atom is 0.407 e. The van der Waals surface area contributed by atoms with Crippen LogP contribution in [0.3, 0.4) is 0 Å². The molecule has 5 heterocycles. The highest BCUT2D eigenvalue weighted by atomic mass is 35.5. The quantitative estimate of drug-likeness (QED) is 0.193. The van der Waals surface area contributed by atoms with Gasteiger partial charge in [-0.3, -0.25) is 9.59 Å². The number of hydrogen-bond donors (Lipinski definition) is 1. The van der Waals surface area contributed by atoms with E-state index in [0.29, 0.717) is 52.5 Å². The first-order valence-electron chi connectivity index (χ1n) is 17.0. The van der Waals surface area contributed by atoms with Gasteiger partial charge in [0.2, 0.25) is 0 Å². The van der Waals surface area contributed by atoms with E-state index in [0.717, 1.165) is 6.42 Å². The Morgan fingerprint density at radius 2 is 1.86 bits per heavy atom. The summed E-state index contributed by atoms with van der Waals surface area (Å²) in [5.74, 6) is -1.49. The van der Waals surface area contributed by atoms with Gasteiger partial charge in [0.1, 0.15) is 11.2 Å². The molecule has 4 aromatic rings. The van der Waals surface area contributed by atoms with Crippen molar-refractivity contribution in [2.45, 2.75) is 81.7 Å². The number of hydrogen-bond acceptors (Lipinski definition) is 5. The zero-order chi connectivity index (χ0) is 35.0. The average molecular weight is 719 g/mol. The number of carbonyl (C=O) groups excluding carboxylic acids is 2. The third kappa shape index (κ3) is 4.40. The number of halogens is 4. The number of amides is 2. The van der Waals surface area contributed by atoms with Crippen LogP contribution in [0, 0.1) is 29.0 Å². The van der Waals surface area contributed by atoms with Gasteiger partial charge in [0.15, 0.2) is 17.3 Å². The third-order valence-electron chi connectivity index (χ3n) is 11.7. The van der Waals surface area contributed by atoms with Crippen LogP contribution in [-0.2, 0) is 11.2 Å². The molecule has 0 unspecified atom stereocenters. The number of nitrogens with zero attached hydrogens (tertiary/aromatic N) is 5. The predicted molar refractivity (Wildman–Crippen MR) is 181 cm³/mol. The number of ketones is 1. The van der Waals surface area contributed by atoms with Gasteiger partial charge in [-0.05, 0) is 68.2 Å². The minimum absolute atomic E-state index is 0.0336. The van der Waals surface area contributed by atoms with Gasteiger partial charge in [-0.15, -0.1) is 0 Å². The van der Waals surface area contributed by atoms with E-state index in [4.69, 9.17) is 23.2 Å². The van der Waals surface area contributed by atoms with Crippen LogP contribution in [-0.4, -0.2) is 66.5 Å². The van der Waals surface area contributed by atoms with Crippen LogP contribution in [0.15, 0.2) is 30.3 Å². The number of pyridine rings is 1. The van der Waals surface area contributed by atoms with Crippen molar-refractivity contribution < 1.29 is 28.3 Å². The zero-order valence-electron chi connectivity index (χ0n) is 26.9. The lowest BCUT2D eigenvalue weighted by Crippen LogP contribution is -2.44. The lowest BCUT2D eigenvalue weighted by Gasteiger charge is -2.40. The van der Waals surface area contributed by atoms with Crippen LogP contribution in [0.2, 0.25) is 10.0 Å². The first-order valence-corrected chi connectivity index (χ1v) is 17.7. The number of rotatable bonds is 7. The van der Waals surface area contributed by atoms with Crippen molar-refractivity contribution >= 4 is 62.8 Å². The molecule has 2 aromatic carbocycles. The minimum atomic E-state index is -1.88. The second-order valence-electron chi connectivity index (χ2n) is 14.6. The van der Waals surface area contributed by atoms with Gasteiger partial charge in [0, 0.05) is 59.4 Å². The number of fused-ring (bicyclic) bond motifs is 5. The number of carboxylic acid groups (broad SMARTS) is 1. The molecule has 0 radical (unpaired) electrons. The van der Waals surface area contributed by atoms with Crippen molar-refractivity contribution in [3.05, 3.63) is 63.1 Å². The Balaban J connectivity index is 1.35. The van der Waals surface area contributed by atoms with Gasteiger partial charge in [-0.2, -0.15) is 5.26 Å². The first kappa shape index (κ1) is 31.7. The summed E-state index contributed by atoms with van der Waals surface area (Å²) in [5, 5.41) is 20.8. The third-order valence-corrected chi connectivity index (χ3v) is 12.6. The second kappa shape index (κ2) is 10.9. The van der Waals surface area contributed by atoms with Crippen LogP contribution in [0.4, 0.5) is 13.6 Å². The van der Waals surface area contributed by atoms with E-state index in [1.807, 2.05) is 10.6 Å². The highest BCUT2D eigenvalue weighted by molar-refractivity contribution is 6.43. The Kier molecular flexibility index (Phi) is 6.89. The lowest BCUT2D eigenvalue weighted by molar-refractivity contribution is -0.140. The standard InChI is InChI=1S/C37H31Cl2F2N5O4/c1-16(47)31-22-14-26(25-12-18-11-24(18)45(25)35(48)37(41)7-8-37)46(33-19-13-27(33)44(15-19)36(49)50)34(22)21-10-17(4-3-9-42)28(30(40)32(21)43-31)20-5-2-6-23(38)29(20)39/h2,5-6,10,14,18-19,24-25,27,33H,3-4,7-8,11-13,15H2,1H3,(H,49,50)/t18-,19-,24-,25-,27-,33+/m1/s1. The number of Topliss-reactive ketones (excluding diaryl/α,β-unsaturated/α-hetero) is 1. The van der Waals surface area contributed by atoms with Crippen LogP contribution >= 0.6 is 23.2 Å². The van der Waals surface area contributed by atoms with Gasteiger partial charge in [-0.1, -0.05) is 35.3 Å². The second-order valence-corrected chi connectivity index (χ2v) is 15.4. The molecule has 2 amide bonds. The Morgan fingerprint density at radius 1 is 1.10 bits per heavy atom. The number of nitriles is 1. The van der Waals surface area contributed by atoms with E-state index in [1.54, 1.807) is 29.2 Å². The smallest absolute Gasteiger partial charge is 0.407 e. The van der Waals surface area contributed by atoms with Gasteiger partial charge in [-0.25, -0.2) is 18.6 Å². The van der Waals surface area contributed by atoms with E-state index in [-0.39, 0.29) is 82.5 Å². The molecule has 256 valence electrons. The summed E-state index contributed by atoms with van der Waals surface area (Å²) >= 11 is 13.0. The largest absolute Gasteiger partial charge is 0.465 e. The number of aryl methyl sites for hydroxylation is 1. The molecule has 6 aliphatic rings. The van der Waals surface area contributed by atoms with Crippen LogP contribution in [0.1, 0.15) is 79.3 Å². The number of carbonyl (C=O) groups is 3.